The molecule has 7 heteroatoms. The summed E-state index contributed by atoms with van der Waals surface area (Å²) in [7, 11) is 0. The molecule has 1 fully saturated rings. The summed E-state index contributed by atoms with van der Waals surface area (Å²) in [6, 6.07) is 10.5. The van der Waals surface area contributed by atoms with Crippen molar-refractivity contribution in [2.75, 3.05) is 13.1 Å². The summed E-state index contributed by atoms with van der Waals surface area (Å²) in [5, 5.41) is 21.4. The maximum absolute atomic E-state index is 9.11. The largest absolute Gasteiger partial charge is 0.390 e. The molecule has 1 atom stereocenters. The fraction of sp³-hybridized carbons (Fsp3) is 0.421. The molecule has 1 aromatic carbocycles. The van der Waals surface area contributed by atoms with Gasteiger partial charge in [-0.15, -0.1) is 5.10 Å². The van der Waals surface area contributed by atoms with E-state index in [1.807, 2.05) is 27.8 Å². The molecule has 0 unspecified atom stereocenters. The van der Waals surface area contributed by atoms with Gasteiger partial charge in [0.15, 0.2) is 0 Å². The van der Waals surface area contributed by atoms with Crippen molar-refractivity contribution in [1.29, 1.82) is 0 Å². The number of hydrogen-bond donors (Lipinski definition) is 1. The van der Waals surface area contributed by atoms with Crippen LogP contribution in [0.3, 0.4) is 0 Å². The zero-order valence-electron chi connectivity index (χ0n) is 14.8. The van der Waals surface area contributed by atoms with E-state index in [9.17, 15) is 0 Å². The monoisotopic (exact) mass is 352 g/mol. The first-order chi connectivity index (χ1) is 12.8. The molecule has 2 aromatic heterocycles. The van der Waals surface area contributed by atoms with Gasteiger partial charge in [-0.1, -0.05) is 17.3 Å². The van der Waals surface area contributed by atoms with Crippen LogP contribution in [0.1, 0.15) is 24.1 Å². The maximum atomic E-state index is 9.11. The molecule has 26 heavy (non-hydrogen) atoms. The SMILES string of the molecule is OCc1cn(C[C@H]2CCCN(Cc3ccc(-n4cccn4)cc3)C2)nn1. The number of aromatic nitrogens is 5. The summed E-state index contributed by atoms with van der Waals surface area (Å²) in [5.74, 6) is 0.570. The van der Waals surface area contributed by atoms with Gasteiger partial charge in [0.05, 0.1) is 18.5 Å². The van der Waals surface area contributed by atoms with Crippen LogP contribution in [0.4, 0.5) is 0 Å². The highest BCUT2D eigenvalue weighted by Crippen LogP contribution is 2.20. The maximum Gasteiger partial charge on any atom is 0.108 e. The zero-order chi connectivity index (χ0) is 17.8. The van der Waals surface area contributed by atoms with Gasteiger partial charge in [0, 0.05) is 32.0 Å². The molecule has 0 bridgehead atoms. The zero-order valence-corrected chi connectivity index (χ0v) is 14.8. The third kappa shape index (κ3) is 4.00. The normalized spacial score (nSPS) is 18.3. The highest BCUT2D eigenvalue weighted by molar-refractivity contribution is 5.33. The highest BCUT2D eigenvalue weighted by atomic mass is 16.3. The van der Waals surface area contributed by atoms with Crippen molar-refractivity contribution in [3.05, 3.63) is 60.2 Å². The van der Waals surface area contributed by atoms with Crippen molar-refractivity contribution in [3.63, 3.8) is 0 Å². The molecule has 0 saturated carbocycles. The third-order valence-electron chi connectivity index (χ3n) is 4.91. The first-order valence-corrected chi connectivity index (χ1v) is 9.11. The van der Waals surface area contributed by atoms with Crippen molar-refractivity contribution in [2.24, 2.45) is 5.92 Å². The standard InChI is InChI=1S/C19H24N6O/c26-15-18-14-24(22-21-18)13-17-3-1-9-23(12-17)11-16-4-6-19(7-5-16)25-10-2-8-20-25/h2,4-8,10,14,17,26H,1,3,9,11-13,15H2/t17-/m0/s1. The molecule has 3 aromatic rings. The molecule has 4 rings (SSSR count). The van der Waals surface area contributed by atoms with Crippen LogP contribution >= 0.6 is 0 Å². The first-order valence-electron chi connectivity index (χ1n) is 9.11. The number of likely N-dealkylation sites (tertiary alicyclic amines) is 1. The van der Waals surface area contributed by atoms with Crippen LogP contribution in [0.5, 0.6) is 0 Å². The van der Waals surface area contributed by atoms with Crippen LogP contribution in [0, 0.1) is 5.92 Å². The Morgan fingerprint density at radius 1 is 1.19 bits per heavy atom. The Morgan fingerprint density at radius 3 is 2.81 bits per heavy atom. The topological polar surface area (TPSA) is 72.0 Å². The molecule has 3 heterocycles. The Bertz CT molecular complexity index is 811. The molecule has 0 amide bonds. The molecule has 0 radical (unpaired) electrons. The molecule has 0 aliphatic carbocycles. The molecular formula is C19H24N6O. The molecule has 136 valence electrons. The second kappa shape index (κ2) is 7.80. The van der Waals surface area contributed by atoms with Gasteiger partial charge in [0.25, 0.3) is 0 Å². The average Bonchev–Trinajstić information content (AvgIpc) is 3.34. The van der Waals surface area contributed by atoms with E-state index in [1.165, 1.54) is 18.4 Å². The molecule has 1 N–H and O–H groups in total. The summed E-state index contributed by atoms with van der Waals surface area (Å²) < 4.78 is 3.73. The minimum Gasteiger partial charge on any atom is -0.390 e. The van der Waals surface area contributed by atoms with E-state index in [0.717, 1.165) is 31.9 Å². The Morgan fingerprint density at radius 2 is 2.08 bits per heavy atom. The van der Waals surface area contributed by atoms with Gasteiger partial charge >= 0.3 is 0 Å². The second-order valence-electron chi connectivity index (χ2n) is 6.95. The van der Waals surface area contributed by atoms with Gasteiger partial charge < -0.3 is 5.11 Å². The molecule has 1 aliphatic rings. The van der Waals surface area contributed by atoms with Gasteiger partial charge in [0.1, 0.15) is 5.69 Å². The number of rotatable bonds is 6. The van der Waals surface area contributed by atoms with E-state index >= 15 is 0 Å². The predicted molar refractivity (Wildman–Crippen MR) is 97.5 cm³/mol. The van der Waals surface area contributed by atoms with Crippen LogP contribution < -0.4 is 0 Å². The van der Waals surface area contributed by atoms with E-state index in [-0.39, 0.29) is 6.61 Å². The second-order valence-corrected chi connectivity index (χ2v) is 6.95. The fourth-order valence-electron chi connectivity index (χ4n) is 3.64. The van der Waals surface area contributed by atoms with Gasteiger partial charge in [-0.3, -0.25) is 9.58 Å². The molecule has 0 spiro atoms. The van der Waals surface area contributed by atoms with Crippen LogP contribution in [0.2, 0.25) is 0 Å². The van der Waals surface area contributed by atoms with Crippen molar-refractivity contribution >= 4 is 0 Å². The minimum atomic E-state index is -0.0503. The Kier molecular flexibility index (Phi) is 5.08. The lowest BCUT2D eigenvalue weighted by Gasteiger charge is -2.32. The number of benzene rings is 1. The first kappa shape index (κ1) is 16.9. The summed E-state index contributed by atoms with van der Waals surface area (Å²) in [6.45, 7) is 3.98. The Labute approximate surface area is 152 Å². The average molecular weight is 352 g/mol. The predicted octanol–water partition coefficient (Wildman–Crippen LogP) is 1.87. The summed E-state index contributed by atoms with van der Waals surface area (Å²) >= 11 is 0. The van der Waals surface area contributed by atoms with Crippen LogP contribution in [0.15, 0.2) is 48.9 Å². The van der Waals surface area contributed by atoms with Gasteiger partial charge in [-0.25, -0.2) is 4.68 Å². The summed E-state index contributed by atoms with van der Waals surface area (Å²) in [4.78, 5) is 2.51. The number of hydrogen-bond acceptors (Lipinski definition) is 5. The van der Waals surface area contributed by atoms with E-state index in [1.54, 1.807) is 6.20 Å². The third-order valence-corrected chi connectivity index (χ3v) is 4.91. The van der Waals surface area contributed by atoms with Crippen LogP contribution in [-0.4, -0.2) is 47.9 Å². The van der Waals surface area contributed by atoms with Crippen molar-refractivity contribution in [2.45, 2.75) is 32.5 Å². The minimum absolute atomic E-state index is 0.0503. The van der Waals surface area contributed by atoms with Crippen molar-refractivity contribution in [1.82, 2.24) is 29.7 Å². The van der Waals surface area contributed by atoms with Gasteiger partial charge in [-0.05, 0) is 49.1 Å². The number of aliphatic hydroxyl groups excluding tert-OH is 1. The van der Waals surface area contributed by atoms with E-state index < -0.39 is 0 Å². The van der Waals surface area contributed by atoms with Crippen LogP contribution in [0.25, 0.3) is 5.69 Å². The van der Waals surface area contributed by atoms with Crippen molar-refractivity contribution < 1.29 is 5.11 Å². The summed E-state index contributed by atoms with van der Waals surface area (Å²) in [5.41, 5.74) is 3.04. The summed E-state index contributed by atoms with van der Waals surface area (Å²) in [6.07, 6.45) is 8.00. The lowest BCUT2D eigenvalue weighted by atomic mass is 9.97. The number of piperidine rings is 1. The van der Waals surface area contributed by atoms with Gasteiger partial charge in [0.2, 0.25) is 0 Å². The number of aliphatic hydroxyl groups is 1. The Balaban J connectivity index is 1.34. The van der Waals surface area contributed by atoms with E-state index in [2.05, 4.69) is 44.6 Å². The molecule has 1 saturated heterocycles. The lowest BCUT2D eigenvalue weighted by molar-refractivity contribution is 0.153. The van der Waals surface area contributed by atoms with Gasteiger partial charge in [-0.2, -0.15) is 5.10 Å². The van der Waals surface area contributed by atoms with Crippen LogP contribution in [-0.2, 0) is 19.7 Å². The fourth-order valence-corrected chi connectivity index (χ4v) is 3.64. The highest BCUT2D eigenvalue weighted by Gasteiger charge is 2.21. The van der Waals surface area contributed by atoms with E-state index in [4.69, 9.17) is 5.11 Å². The smallest absolute Gasteiger partial charge is 0.108 e. The lowest BCUT2D eigenvalue weighted by Crippen LogP contribution is -2.36. The molecule has 1 aliphatic heterocycles. The molecular weight excluding hydrogens is 328 g/mol. The number of nitrogens with zero attached hydrogens (tertiary/aromatic N) is 6. The Hall–Kier alpha value is -2.51. The van der Waals surface area contributed by atoms with E-state index in [0.29, 0.717) is 11.6 Å². The van der Waals surface area contributed by atoms with Crippen molar-refractivity contribution in [3.8, 4) is 5.69 Å². The molecule has 7 nitrogen and oxygen atoms in total. The quantitative estimate of drug-likeness (QED) is 0.733.